The third-order valence-corrected chi connectivity index (χ3v) is 4.40. The lowest BCUT2D eigenvalue weighted by atomic mass is 10.1. The molecule has 0 aromatic heterocycles. The standard InChI is InChI=1S/C20H22N2O4/c1-21-20(24)15-7-9-18(25-2)17(11-15)22-19(23)12-26-16-8-6-13-4-3-5-14(13)10-16/h6-11H,3-5,12H2,1-2H3,(H,21,24)(H,22,23). The summed E-state index contributed by atoms with van der Waals surface area (Å²) in [6.45, 7) is -0.119. The summed E-state index contributed by atoms with van der Waals surface area (Å²) in [6.07, 6.45) is 3.33. The van der Waals surface area contributed by atoms with Gasteiger partial charge in [-0.1, -0.05) is 6.07 Å². The van der Waals surface area contributed by atoms with Gasteiger partial charge in [0.05, 0.1) is 12.8 Å². The summed E-state index contributed by atoms with van der Waals surface area (Å²) in [4.78, 5) is 24.0. The fourth-order valence-corrected chi connectivity index (χ4v) is 3.06. The zero-order chi connectivity index (χ0) is 18.5. The van der Waals surface area contributed by atoms with Crippen molar-refractivity contribution in [2.24, 2.45) is 0 Å². The van der Waals surface area contributed by atoms with E-state index in [-0.39, 0.29) is 18.4 Å². The minimum Gasteiger partial charge on any atom is -0.495 e. The van der Waals surface area contributed by atoms with Gasteiger partial charge in [0.15, 0.2) is 6.61 Å². The van der Waals surface area contributed by atoms with Gasteiger partial charge >= 0.3 is 0 Å². The maximum Gasteiger partial charge on any atom is 0.262 e. The molecule has 0 atom stereocenters. The summed E-state index contributed by atoms with van der Waals surface area (Å²) in [5.41, 5.74) is 3.51. The first-order chi connectivity index (χ1) is 12.6. The molecule has 3 rings (SSSR count). The summed E-state index contributed by atoms with van der Waals surface area (Å²) >= 11 is 0. The number of fused-ring (bicyclic) bond motifs is 1. The first-order valence-electron chi connectivity index (χ1n) is 8.55. The third kappa shape index (κ3) is 3.96. The van der Waals surface area contributed by atoms with Crippen molar-refractivity contribution >= 4 is 17.5 Å². The maximum atomic E-state index is 12.2. The number of anilines is 1. The normalized spacial score (nSPS) is 12.2. The molecule has 0 radical (unpaired) electrons. The van der Waals surface area contributed by atoms with Crippen LogP contribution in [0.3, 0.4) is 0 Å². The number of ether oxygens (including phenoxy) is 2. The number of carbonyl (C=O) groups excluding carboxylic acids is 2. The minimum absolute atomic E-state index is 0.119. The Labute approximate surface area is 152 Å². The highest BCUT2D eigenvalue weighted by Gasteiger charge is 2.14. The predicted molar refractivity (Wildman–Crippen MR) is 99.0 cm³/mol. The molecule has 2 aromatic carbocycles. The molecular weight excluding hydrogens is 332 g/mol. The van der Waals surface area contributed by atoms with Gasteiger partial charge in [-0.25, -0.2) is 0 Å². The SMILES string of the molecule is CNC(=O)c1ccc(OC)c(NC(=O)COc2ccc3c(c2)CCC3)c1. The van der Waals surface area contributed by atoms with Crippen LogP contribution in [-0.4, -0.2) is 32.6 Å². The van der Waals surface area contributed by atoms with Crippen LogP contribution in [0.5, 0.6) is 11.5 Å². The molecule has 2 amide bonds. The Morgan fingerprint density at radius 1 is 1.08 bits per heavy atom. The van der Waals surface area contributed by atoms with Crippen LogP contribution in [0.25, 0.3) is 0 Å². The second-order valence-electron chi connectivity index (χ2n) is 6.12. The fraction of sp³-hybridized carbons (Fsp3) is 0.300. The molecule has 1 aliphatic carbocycles. The van der Waals surface area contributed by atoms with Crippen molar-refractivity contribution in [1.82, 2.24) is 5.32 Å². The molecule has 26 heavy (non-hydrogen) atoms. The smallest absolute Gasteiger partial charge is 0.262 e. The van der Waals surface area contributed by atoms with Gasteiger partial charge < -0.3 is 20.1 Å². The van der Waals surface area contributed by atoms with Crippen LogP contribution in [0.4, 0.5) is 5.69 Å². The number of rotatable bonds is 6. The van der Waals surface area contributed by atoms with E-state index in [1.165, 1.54) is 24.7 Å². The summed E-state index contributed by atoms with van der Waals surface area (Å²) in [5, 5.41) is 5.28. The molecule has 0 spiro atoms. The van der Waals surface area contributed by atoms with E-state index in [4.69, 9.17) is 9.47 Å². The molecular formula is C20H22N2O4. The molecule has 0 saturated heterocycles. The van der Waals surface area contributed by atoms with E-state index in [0.717, 1.165) is 12.8 Å². The third-order valence-electron chi connectivity index (χ3n) is 4.40. The zero-order valence-corrected chi connectivity index (χ0v) is 14.9. The van der Waals surface area contributed by atoms with Crippen molar-refractivity contribution in [2.45, 2.75) is 19.3 Å². The second-order valence-corrected chi connectivity index (χ2v) is 6.12. The Hall–Kier alpha value is -3.02. The van der Waals surface area contributed by atoms with Crippen molar-refractivity contribution in [3.8, 4) is 11.5 Å². The molecule has 2 aromatic rings. The van der Waals surface area contributed by atoms with E-state index in [1.54, 1.807) is 25.2 Å². The Balaban J connectivity index is 1.65. The highest BCUT2D eigenvalue weighted by atomic mass is 16.5. The zero-order valence-electron chi connectivity index (χ0n) is 14.9. The van der Waals surface area contributed by atoms with E-state index in [0.29, 0.717) is 22.7 Å². The number of methoxy groups -OCH3 is 1. The van der Waals surface area contributed by atoms with Crippen molar-refractivity contribution in [2.75, 3.05) is 26.1 Å². The van der Waals surface area contributed by atoms with Crippen LogP contribution in [-0.2, 0) is 17.6 Å². The highest BCUT2D eigenvalue weighted by molar-refractivity contribution is 5.98. The van der Waals surface area contributed by atoms with E-state index in [2.05, 4.69) is 16.7 Å². The average Bonchev–Trinajstić information content (AvgIpc) is 3.13. The van der Waals surface area contributed by atoms with Gasteiger partial charge in [-0.2, -0.15) is 0 Å². The van der Waals surface area contributed by atoms with Crippen LogP contribution in [0.15, 0.2) is 36.4 Å². The highest BCUT2D eigenvalue weighted by Crippen LogP contribution is 2.27. The lowest BCUT2D eigenvalue weighted by molar-refractivity contribution is -0.118. The topological polar surface area (TPSA) is 76.7 Å². The molecule has 0 fully saturated rings. The number of aryl methyl sites for hydroxylation is 2. The Bertz CT molecular complexity index is 833. The van der Waals surface area contributed by atoms with Gasteiger partial charge in [-0.15, -0.1) is 0 Å². The van der Waals surface area contributed by atoms with E-state index < -0.39 is 0 Å². The molecule has 0 unspecified atom stereocenters. The van der Waals surface area contributed by atoms with Crippen LogP contribution in [0, 0.1) is 0 Å². The van der Waals surface area contributed by atoms with Crippen LogP contribution in [0.2, 0.25) is 0 Å². The van der Waals surface area contributed by atoms with Crippen molar-refractivity contribution in [3.05, 3.63) is 53.1 Å². The number of hydrogen-bond donors (Lipinski definition) is 2. The molecule has 0 heterocycles. The van der Waals surface area contributed by atoms with Gasteiger partial charge in [0.1, 0.15) is 11.5 Å². The van der Waals surface area contributed by atoms with E-state index in [1.807, 2.05) is 12.1 Å². The van der Waals surface area contributed by atoms with Crippen molar-refractivity contribution in [1.29, 1.82) is 0 Å². The maximum absolute atomic E-state index is 12.2. The predicted octanol–water partition coefficient (Wildman–Crippen LogP) is 2.56. The van der Waals surface area contributed by atoms with Crippen LogP contribution >= 0.6 is 0 Å². The van der Waals surface area contributed by atoms with Crippen molar-refractivity contribution < 1.29 is 19.1 Å². The van der Waals surface area contributed by atoms with Gasteiger partial charge in [-0.05, 0) is 60.7 Å². The number of carbonyl (C=O) groups is 2. The van der Waals surface area contributed by atoms with E-state index >= 15 is 0 Å². The monoisotopic (exact) mass is 354 g/mol. The van der Waals surface area contributed by atoms with Crippen LogP contribution in [0.1, 0.15) is 27.9 Å². The second kappa shape index (κ2) is 7.91. The van der Waals surface area contributed by atoms with Gasteiger partial charge in [-0.3, -0.25) is 9.59 Å². The minimum atomic E-state index is -0.321. The first kappa shape index (κ1) is 17.8. The summed E-state index contributed by atoms with van der Waals surface area (Å²) < 4.78 is 10.8. The average molecular weight is 354 g/mol. The number of benzene rings is 2. The molecule has 6 heteroatoms. The molecule has 0 bridgehead atoms. The van der Waals surface area contributed by atoms with Gasteiger partial charge in [0.25, 0.3) is 11.8 Å². The molecule has 2 N–H and O–H groups in total. The Kier molecular flexibility index (Phi) is 5.41. The van der Waals surface area contributed by atoms with E-state index in [9.17, 15) is 9.59 Å². The van der Waals surface area contributed by atoms with Gasteiger partial charge in [0.2, 0.25) is 0 Å². The summed E-state index contributed by atoms with van der Waals surface area (Å²) in [7, 11) is 3.06. The molecule has 136 valence electrons. The molecule has 6 nitrogen and oxygen atoms in total. The number of hydrogen-bond acceptors (Lipinski definition) is 4. The molecule has 1 aliphatic rings. The fourth-order valence-electron chi connectivity index (χ4n) is 3.06. The van der Waals surface area contributed by atoms with Crippen LogP contribution < -0.4 is 20.1 Å². The lowest BCUT2D eigenvalue weighted by Crippen LogP contribution is -2.22. The first-order valence-corrected chi connectivity index (χ1v) is 8.55. The summed E-state index contributed by atoms with van der Waals surface area (Å²) in [6, 6.07) is 10.8. The van der Waals surface area contributed by atoms with Gasteiger partial charge in [0, 0.05) is 12.6 Å². The largest absolute Gasteiger partial charge is 0.495 e. The van der Waals surface area contributed by atoms with Crippen molar-refractivity contribution in [3.63, 3.8) is 0 Å². The number of nitrogens with one attached hydrogen (secondary N) is 2. The summed E-state index contributed by atoms with van der Waals surface area (Å²) in [5.74, 6) is 0.603. The number of amides is 2. The molecule has 0 aliphatic heterocycles. The Morgan fingerprint density at radius 2 is 1.88 bits per heavy atom. The lowest BCUT2D eigenvalue weighted by Gasteiger charge is -2.12. The molecule has 0 saturated carbocycles. The quantitative estimate of drug-likeness (QED) is 0.836. The Morgan fingerprint density at radius 3 is 2.65 bits per heavy atom.